The topological polar surface area (TPSA) is 101 Å². The van der Waals surface area contributed by atoms with E-state index >= 15 is 0 Å². The first-order chi connectivity index (χ1) is 19.0. The molecule has 0 unspecified atom stereocenters. The monoisotopic (exact) mass is 517 g/mol. The van der Waals surface area contributed by atoms with Gasteiger partial charge in [0.05, 0.1) is 35.0 Å². The van der Waals surface area contributed by atoms with Crippen LogP contribution in [0.25, 0.3) is 22.6 Å². The minimum Gasteiger partial charge on any atom is -0.436 e. The fourth-order valence-corrected chi connectivity index (χ4v) is 8.24. The van der Waals surface area contributed by atoms with Crippen LogP contribution in [0.15, 0.2) is 71.2 Å². The molecule has 1 aromatic heterocycles. The van der Waals surface area contributed by atoms with Gasteiger partial charge in [0.25, 0.3) is 0 Å². The van der Waals surface area contributed by atoms with Crippen LogP contribution in [0.2, 0.25) is 0 Å². The Hall–Kier alpha value is -4.33. The van der Waals surface area contributed by atoms with Crippen molar-refractivity contribution in [3.05, 3.63) is 66.8 Å². The first-order valence-electron chi connectivity index (χ1n) is 13.6. The SMILES string of the molecule is O=C1[C@@H]2[C@@H](C(=O)N1c1ccc(-c3nc4ccc(N5C(=O)[C@@H]6[C@H](C5=O)[C@@H]5C=C[C@H]6C5)cc4o3)cc1)[C@H]1C=C[C@H]2C1. The van der Waals surface area contributed by atoms with Crippen molar-refractivity contribution >= 4 is 46.1 Å². The maximum Gasteiger partial charge on any atom is 0.238 e. The Kier molecular flexibility index (Phi) is 3.98. The van der Waals surface area contributed by atoms with Gasteiger partial charge < -0.3 is 4.42 Å². The van der Waals surface area contributed by atoms with Gasteiger partial charge in [-0.15, -0.1) is 0 Å². The second kappa shape index (κ2) is 7.20. The first kappa shape index (κ1) is 21.6. The maximum atomic E-state index is 13.2. The molecule has 4 bridgehead atoms. The van der Waals surface area contributed by atoms with Gasteiger partial charge in [0.2, 0.25) is 29.5 Å². The number of allylic oxidation sites excluding steroid dienone is 4. The lowest BCUT2D eigenvalue weighted by atomic mass is 9.85. The number of nitrogens with zero attached hydrogens (tertiary/aromatic N) is 3. The molecule has 6 aliphatic rings. The number of benzene rings is 2. The third-order valence-corrected chi connectivity index (χ3v) is 9.94. The molecule has 0 N–H and O–H groups in total. The van der Waals surface area contributed by atoms with Gasteiger partial charge in [0.15, 0.2) is 5.58 Å². The van der Waals surface area contributed by atoms with Crippen molar-refractivity contribution in [1.29, 1.82) is 0 Å². The molecule has 8 nitrogen and oxygen atoms in total. The van der Waals surface area contributed by atoms with Gasteiger partial charge in [-0.05, 0) is 72.9 Å². The molecule has 2 saturated heterocycles. The van der Waals surface area contributed by atoms with E-state index in [2.05, 4.69) is 29.3 Å². The van der Waals surface area contributed by atoms with Crippen molar-refractivity contribution in [3.63, 3.8) is 0 Å². The van der Waals surface area contributed by atoms with Crippen LogP contribution < -0.4 is 9.80 Å². The van der Waals surface area contributed by atoms with Crippen LogP contribution in [0.1, 0.15) is 12.8 Å². The molecule has 4 amide bonds. The molecule has 0 spiro atoms. The first-order valence-corrected chi connectivity index (χ1v) is 13.6. The molecule has 2 saturated carbocycles. The van der Waals surface area contributed by atoms with Crippen molar-refractivity contribution in [1.82, 2.24) is 4.98 Å². The fourth-order valence-electron chi connectivity index (χ4n) is 8.24. The Morgan fingerprint density at radius 2 is 1.08 bits per heavy atom. The van der Waals surface area contributed by atoms with E-state index in [9.17, 15) is 19.2 Å². The lowest BCUT2D eigenvalue weighted by Gasteiger charge is -2.17. The summed E-state index contributed by atoms with van der Waals surface area (Å²) in [6, 6.07) is 12.3. The molecule has 8 heteroatoms. The lowest BCUT2D eigenvalue weighted by molar-refractivity contribution is -0.124. The van der Waals surface area contributed by atoms with Gasteiger partial charge in [-0.2, -0.15) is 0 Å². The number of imide groups is 2. The average molecular weight is 518 g/mol. The number of oxazole rings is 1. The van der Waals surface area contributed by atoms with Crippen molar-refractivity contribution in [2.75, 3.05) is 9.80 Å². The number of amides is 4. The van der Waals surface area contributed by atoms with Gasteiger partial charge in [-0.1, -0.05) is 24.3 Å². The summed E-state index contributed by atoms with van der Waals surface area (Å²) in [5.74, 6) is -0.435. The summed E-state index contributed by atoms with van der Waals surface area (Å²) in [5, 5.41) is 0. The third-order valence-electron chi connectivity index (χ3n) is 9.94. The summed E-state index contributed by atoms with van der Waals surface area (Å²) in [7, 11) is 0. The summed E-state index contributed by atoms with van der Waals surface area (Å²) in [6.07, 6.45) is 10.1. The highest BCUT2D eigenvalue weighted by molar-refractivity contribution is 6.24. The smallest absolute Gasteiger partial charge is 0.238 e. The average Bonchev–Trinajstić information content (AvgIpc) is 3.79. The minimum atomic E-state index is -0.257. The fraction of sp³-hybridized carbons (Fsp3) is 0.323. The number of rotatable bonds is 3. The molecule has 2 aromatic carbocycles. The van der Waals surface area contributed by atoms with E-state index in [0.717, 1.165) is 12.8 Å². The van der Waals surface area contributed by atoms with E-state index < -0.39 is 0 Å². The van der Waals surface area contributed by atoms with Crippen LogP contribution in [0, 0.1) is 47.3 Å². The molecule has 4 aliphatic carbocycles. The van der Waals surface area contributed by atoms with E-state index in [1.807, 2.05) is 0 Å². The zero-order chi connectivity index (χ0) is 26.2. The van der Waals surface area contributed by atoms with Gasteiger partial charge in [-0.25, -0.2) is 9.88 Å². The van der Waals surface area contributed by atoms with E-state index in [1.54, 1.807) is 42.5 Å². The molecule has 8 atom stereocenters. The Bertz CT molecular complexity index is 1660. The molecular weight excluding hydrogens is 494 g/mol. The van der Waals surface area contributed by atoms with Gasteiger partial charge in [0, 0.05) is 11.6 Å². The molecule has 192 valence electrons. The van der Waals surface area contributed by atoms with Crippen molar-refractivity contribution < 1.29 is 23.6 Å². The highest BCUT2D eigenvalue weighted by atomic mass is 16.3. The van der Waals surface area contributed by atoms with E-state index in [4.69, 9.17) is 4.42 Å². The summed E-state index contributed by atoms with van der Waals surface area (Å²) in [6.45, 7) is 0. The van der Waals surface area contributed by atoms with Crippen molar-refractivity contribution in [2.45, 2.75) is 12.8 Å². The second-order valence-electron chi connectivity index (χ2n) is 11.7. The zero-order valence-electron chi connectivity index (χ0n) is 20.8. The Balaban J connectivity index is 0.997. The van der Waals surface area contributed by atoms with Crippen LogP contribution in [0.4, 0.5) is 11.4 Å². The molecule has 9 rings (SSSR count). The maximum absolute atomic E-state index is 13.2. The molecule has 3 heterocycles. The molecule has 3 aromatic rings. The molecule has 2 aliphatic heterocycles. The normalized spacial score (nSPS) is 35.4. The van der Waals surface area contributed by atoms with E-state index in [-0.39, 0.29) is 71.0 Å². The van der Waals surface area contributed by atoms with Crippen LogP contribution >= 0.6 is 0 Å². The number of carbonyl (C=O) groups excluding carboxylic acids is 4. The van der Waals surface area contributed by atoms with Crippen molar-refractivity contribution in [3.8, 4) is 11.5 Å². The zero-order valence-corrected chi connectivity index (χ0v) is 20.8. The molecule has 4 fully saturated rings. The number of hydrogen-bond acceptors (Lipinski definition) is 6. The van der Waals surface area contributed by atoms with Gasteiger partial charge >= 0.3 is 0 Å². The van der Waals surface area contributed by atoms with Gasteiger partial charge in [0.1, 0.15) is 5.52 Å². The Morgan fingerprint density at radius 3 is 1.59 bits per heavy atom. The van der Waals surface area contributed by atoms with Crippen LogP contribution in [-0.2, 0) is 19.2 Å². The Morgan fingerprint density at radius 1 is 0.615 bits per heavy atom. The van der Waals surface area contributed by atoms with Gasteiger partial charge in [-0.3, -0.25) is 24.1 Å². The summed E-state index contributed by atoms with van der Waals surface area (Å²) < 4.78 is 6.05. The molecule has 0 radical (unpaired) electrons. The number of hydrogen-bond donors (Lipinski definition) is 0. The number of fused-ring (bicyclic) bond motifs is 11. The summed E-state index contributed by atoms with van der Waals surface area (Å²) >= 11 is 0. The van der Waals surface area contributed by atoms with E-state index in [1.165, 1.54) is 9.80 Å². The van der Waals surface area contributed by atoms with Crippen LogP contribution in [0.5, 0.6) is 0 Å². The van der Waals surface area contributed by atoms with E-state index in [0.29, 0.717) is 33.9 Å². The predicted octanol–water partition coefficient (Wildman–Crippen LogP) is 4.12. The van der Waals surface area contributed by atoms with Crippen LogP contribution in [-0.4, -0.2) is 28.6 Å². The third kappa shape index (κ3) is 2.66. The summed E-state index contributed by atoms with van der Waals surface area (Å²) in [4.78, 5) is 59.9. The van der Waals surface area contributed by atoms with Crippen LogP contribution in [0.3, 0.4) is 0 Å². The number of aromatic nitrogens is 1. The largest absolute Gasteiger partial charge is 0.436 e. The predicted molar refractivity (Wildman–Crippen MR) is 140 cm³/mol. The highest BCUT2D eigenvalue weighted by Crippen LogP contribution is 2.54. The lowest BCUT2D eigenvalue weighted by Crippen LogP contribution is -2.32. The minimum absolute atomic E-state index is 0.108. The summed E-state index contributed by atoms with van der Waals surface area (Å²) in [5.41, 5.74) is 2.85. The number of carbonyl (C=O) groups is 4. The molecule has 39 heavy (non-hydrogen) atoms. The standard InChI is InChI=1S/C31H23N3O5/c35-28-23-15-1-2-16(11-15)24(23)29(36)33(28)19-7-5-14(6-8-19)27-32-21-10-9-20(13-22(21)39-27)34-30(37)25-17-3-4-18(12-17)26(25)31(34)38/h1-10,13,15-18,23-26H,11-12H2/t15-,16-,17-,18+,23-,24-,25-,26+/m0/s1. The second-order valence-corrected chi connectivity index (χ2v) is 11.7. The highest BCUT2D eigenvalue weighted by Gasteiger charge is 2.60. The Labute approximate surface area is 223 Å². The quantitative estimate of drug-likeness (QED) is 0.383. The number of anilines is 2. The van der Waals surface area contributed by atoms with Crippen molar-refractivity contribution in [2.24, 2.45) is 47.3 Å². The molecular formula is C31H23N3O5.